The van der Waals surface area contributed by atoms with Crippen LogP contribution in [0.5, 0.6) is 0 Å². The van der Waals surface area contributed by atoms with E-state index in [-0.39, 0.29) is 0 Å². The maximum absolute atomic E-state index is 6.35. The second kappa shape index (κ2) is 7.41. The van der Waals surface area contributed by atoms with E-state index in [0.29, 0.717) is 12.6 Å². The minimum Gasteiger partial charge on any atom is -0.326 e. The van der Waals surface area contributed by atoms with Crippen molar-refractivity contribution >= 4 is 11.6 Å². The van der Waals surface area contributed by atoms with E-state index >= 15 is 0 Å². The van der Waals surface area contributed by atoms with Gasteiger partial charge in [-0.1, -0.05) is 37.6 Å². The Morgan fingerprint density at radius 3 is 2.70 bits per heavy atom. The number of nitrogens with two attached hydrogens (primary N) is 1. The fourth-order valence-corrected chi connectivity index (χ4v) is 3.34. The van der Waals surface area contributed by atoms with Crippen molar-refractivity contribution in [2.24, 2.45) is 5.73 Å². The van der Waals surface area contributed by atoms with E-state index < -0.39 is 0 Å². The normalized spacial score (nSPS) is 19.9. The predicted octanol–water partition coefficient (Wildman–Crippen LogP) is 2.71. The molecule has 112 valence electrons. The first-order valence-corrected chi connectivity index (χ1v) is 7.99. The molecule has 20 heavy (non-hydrogen) atoms. The molecule has 1 unspecified atom stereocenters. The van der Waals surface area contributed by atoms with E-state index in [4.69, 9.17) is 17.3 Å². The Labute approximate surface area is 127 Å². The molecule has 0 aromatic heterocycles. The second-order valence-corrected chi connectivity index (χ2v) is 5.94. The molecule has 1 aromatic carbocycles. The summed E-state index contributed by atoms with van der Waals surface area (Å²) < 4.78 is 0. The summed E-state index contributed by atoms with van der Waals surface area (Å²) in [5, 5.41) is 0.847. The minimum atomic E-state index is 0.549. The monoisotopic (exact) mass is 295 g/mol. The lowest BCUT2D eigenvalue weighted by Crippen LogP contribution is -2.37. The maximum Gasteiger partial charge on any atom is 0.0454 e. The smallest absolute Gasteiger partial charge is 0.0454 e. The van der Waals surface area contributed by atoms with E-state index in [1.54, 1.807) is 0 Å². The van der Waals surface area contributed by atoms with Crippen LogP contribution in [0.15, 0.2) is 18.2 Å². The lowest BCUT2D eigenvalue weighted by Gasteiger charge is -2.26. The molecule has 2 N–H and O–H groups in total. The number of rotatable bonds is 6. The van der Waals surface area contributed by atoms with Gasteiger partial charge in [-0.15, -0.1) is 0 Å². The molecule has 0 amide bonds. The first-order valence-electron chi connectivity index (χ1n) is 7.61. The molecule has 0 spiro atoms. The van der Waals surface area contributed by atoms with Gasteiger partial charge < -0.3 is 5.73 Å². The zero-order chi connectivity index (χ0) is 14.5. The van der Waals surface area contributed by atoms with Crippen LogP contribution in [-0.2, 0) is 13.1 Å². The summed E-state index contributed by atoms with van der Waals surface area (Å²) in [6, 6.07) is 6.90. The third kappa shape index (κ3) is 3.73. The highest BCUT2D eigenvalue weighted by Crippen LogP contribution is 2.23. The largest absolute Gasteiger partial charge is 0.326 e. The van der Waals surface area contributed by atoms with Crippen LogP contribution >= 0.6 is 11.6 Å². The van der Waals surface area contributed by atoms with Crippen LogP contribution < -0.4 is 5.73 Å². The molecule has 3 nitrogen and oxygen atoms in total. The summed E-state index contributed by atoms with van der Waals surface area (Å²) in [6.45, 7) is 10.6. The van der Waals surface area contributed by atoms with Crippen molar-refractivity contribution in [2.45, 2.75) is 39.4 Å². The summed E-state index contributed by atoms with van der Waals surface area (Å²) in [4.78, 5) is 5.06. The molecule has 0 radical (unpaired) electrons. The Morgan fingerprint density at radius 1 is 1.35 bits per heavy atom. The van der Waals surface area contributed by atoms with Crippen LogP contribution in [-0.4, -0.2) is 42.0 Å². The van der Waals surface area contributed by atoms with E-state index in [9.17, 15) is 0 Å². The molecule has 1 fully saturated rings. The molecule has 1 atom stereocenters. The average molecular weight is 296 g/mol. The van der Waals surface area contributed by atoms with Gasteiger partial charge in [-0.2, -0.15) is 0 Å². The van der Waals surface area contributed by atoms with E-state index in [1.165, 1.54) is 12.0 Å². The van der Waals surface area contributed by atoms with Gasteiger partial charge >= 0.3 is 0 Å². The zero-order valence-corrected chi connectivity index (χ0v) is 13.4. The number of likely N-dealkylation sites (tertiary alicyclic amines) is 1. The molecule has 0 aliphatic carbocycles. The molecule has 0 saturated carbocycles. The predicted molar refractivity (Wildman–Crippen MR) is 85.9 cm³/mol. The van der Waals surface area contributed by atoms with E-state index in [2.05, 4.69) is 35.8 Å². The van der Waals surface area contributed by atoms with Gasteiger partial charge in [-0.3, -0.25) is 9.80 Å². The Hall–Kier alpha value is -0.610. The van der Waals surface area contributed by atoms with Crippen molar-refractivity contribution in [2.75, 3.05) is 26.2 Å². The Morgan fingerprint density at radius 2 is 2.10 bits per heavy atom. The van der Waals surface area contributed by atoms with Crippen molar-refractivity contribution in [3.05, 3.63) is 34.3 Å². The average Bonchev–Trinajstić information content (AvgIpc) is 2.91. The summed E-state index contributed by atoms with van der Waals surface area (Å²) >= 11 is 6.35. The van der Waals surface area contributed by atoms with Crippen molar-refractivity contribution in [1.82, 2.24) is 9.80 Å². The molecular weight excluding hydrogens is 270 g/mol. The van der Waals surface area contributed by atoms with Gasteiger partial charge in [0, 0.05) is 37.2 Å². The third-order valence-electron chi connectivity index (χ3n) is 4.32. The number of hydrogen-bond acceptors (Lipinski definition) is 3. The number of benzene rings is 1. The van der Waals surface area contributed by atoms with Gasteiger partial charge in [0.1, 0.15) is 0 Å². The highest BCUT2D eigenvalue weighted by atomic mass is 35.5. The molecule has 2 rings (SSSR count). The topological polar surface area (TPSA) is 32.5 Å². The SMILES string of the molecule is CCN(CC)C1CCN(Cc2ccc(CN)cc2Cl)C1. The van der Waals surface area contributed by atoms with Gasteiger partial charge in [-0.25, -0.2) is 0 Å². The minimum absolute atomic E-state index is 0.549. The van der Waals surface area contributed by atoms with Crippen LogP contribution in [0.3, 0.4) is 0 Å². The molecule has 1 aliphatic heterocycles. The van der Waals surface area contributed by atoms with Gasteiger partial charge in [-0.05, 0) is 36.7 Å². The molecular formula is C16H26ClN3. The molecule has 0 bridgehead atoms. The summed E-state index contributed by atoms with van der Waals surface area (Å²) in [7, 11) is 0. The highest BCUT2D eigenvalue weighted by Gasteiger charge is 2.26. The fourth-order valence-electron chi connectivity index (χ4n) is 3.08. The Balaban J connectivity index is 1.95. The summed E-state index contributed by atoms with van der Waals surface area (Å²) in [5.41, 5.74) is 7.95. The third-order valence-corrected chi connectivity index (χ3v) is 4.68. The molecule has 1 aliphatic rings. The number of halogens is 1. The van der Waals surface area contributed by atoms with Gasteiger partial charge in [0.05, 0.1) is 0 Å². The van der Waals surface area contributed by atoms with Gasteiger partial charge in [0.15, 0.2) is 0 Å². The molecule has 4 heteroatoms. The fraction of sp³-hybridized carbons (Fsp3) is 0.625. The Kier molecular flexibility index (Phi) is 5.85. The van der Waals surface area contributed by atoms with Crippen molar-refractivity contribution in [3.8, 4) is 0 Å². The molecule has 1 saturated heterocycles. The van der Waals surface area contributed by atoms with Crippen LogP contribution in [0.1, 0.15) is 31.4 Å². The lowest BCUT2D eigenvalue weighted by atomic mass is 10.1. The van der Waals surface area contributed by atoms with Crippen LogP contribution in [0.4, 0.5) is 0 Å². The van der Waals surface area contributed by atoms with Gasteiger partial charge in [0.2, 0.25) is 0 Å². The lowest BCUT2D eigenvalue weighted by molar-refractivity contribution is 0.209. The van der Waals surface area contributed by atoms with Crippen molar-refractivity contribution < 1.29 is 0 Å². The van der Waals surface area contributed by atoms with Crippen LogP contribution in [0, 0.1) is 0 Å². The summed E-state index contributed by atoms with van der Waals surface area (Å²) in [5.74, 6) is 0. The quantitative estimate of drug-likeness (QED) is 0.876. The van der Waals surface area contributed by atoms with E-state index in [1.807, 2.05) is 6.07 Å². The second-order valence-electron chi connectivity index (χ2n) is 5.53. The molecule has 1 heterocycles. The summed E-state index contributed by atoms with van der Waals surface area (Å²) in [6.07, 6.45) is 1.26. The van der Waals surface area contributed by atoms with Gasteiger partial charge in [0.25, 0.3) is 0 Å². The van der Waals surface area contributed by atoms with Crippen molar-refractivity contribution in [1.29, 1.82) is 0 Å². The van der Waals surface area contributed by atoms with Crippen LogP contribution in [0.25, 0.3) is 0 Å². The van der Waals surface area contributed by atoms with E-state index in [0.717, 1.165) is 43.3 Å². The number of hydrogen-bond donors (Lipinski definition) is 1. The number of nitrogens with zero attached hydrogens (tertiary/aromatic N) is 2. The zero-order valence-electron chi connectivity index (χ0n) is 12.6. The maximum atomic E-state index is 6.35. The first kappa shape index (κ1) is 15.8. The highest BCUT2D eigenvalue weighted by molar-refractivity contribution is 6.31. The first-order chi connectivity index (χ1) is 9.67. The number of likely N-dealkylation sites (N-methyl/N-ethyl adjacent to an activating group) is 1. The standard InChI is InChI=1S/C16H26ClN3/c1-3-20(4-2)15-7-8-19(12-15)11-14-6-5-13(10-18)9-16(14)17/h5-6,9,15H,3-4,7-8,10-12,18H2,1-2H3. The Bertz CT molecular complexity index is 432. The van der Waals surface area contributed by atoms with Crippen molar-refractivity contribution in [3.63, 3.8) is 0 Å². The van der Waals surface area contributed by atoms with Crippen LogP contribution in [0.2, 0.25) is 5.02 Å². The molecule has 1 aromatic rings.